The van der Waals surface area contributed by atoms with Gasteiger partial charge in [0, 0.05) is 25.2 Å². The zero-order valence-electron chi connectivity index (χ0n) is 9.69. The predicted molar refractivity (Wildman–Crippen MR) is 69.6 cm³/mol. The predicted octanol–water partition coefficient (Wildman–Crippen LogP) is 1.85. The summed E-state index contributed by atoms with van der Waals surface area (Å²) in [5.41, 5.74) is 0.0330. The lowest BCUT2D eigenvalue weighted by molar-refractivity contribution is 0.0690. The van der Waals surface area contributed by atoms with Gasteiger partial charge in [0.05, 0.1) is 0 Å². The minimum atomic E-state index is -1.03. The van der Waals surface area contributed by atoms with Crippen molar-refractivity contribution in [1.82, 2.24) is 15.2 Å². The first-order valence-corrected chi connectivity index (χ1v) is 6.57. The average molecular weight is 282 g/mol. The number of hydrogen-bond acceptors (Lipinski definition) is 7. The highest BCUT2D eigenvalue weighted by Gasteiger charge is 2.09. The van der Waals surface area contributed by atoms with Gasteiger partial charge < -0.3 is 10.0 Å². The van der Waals surface area contributed by atoms with Crippen LogP contribution in [0.4, 0.5) is 5.13 Å². The number of aromatic carboxylic acids is 1. The Bertz CT molecular complexity index is 553. The fourth-order valence-corrected chi connectivity index (χ4v) is 2.80. The van der Waals surface area contributed by atoms with Crippen molar-refractivity contribution < 1.29 is 9.90 Å². The molecule has 0 aliphatic rings. The van der Waals surface area contributed by atoms with Crippen LogP contribution in [0.15, 0.2) is 27.6 Å². The van der Waals surface area contributed by atoms with E-state index in [1.807, 2.05) is 19.0 Å². The van der Waals surface area contributed by atoms with Crippen LogP contribution in [-0.4, -0.2) is 40.4 Å². The van der Waals surface area contributed by atoms with E-state index >= 15 is 0 Å². The summed E-state index contributed by atoms with van der Waals surface area (Å²) in [6, 6.07) is 3.18. The number of pyridine rings is 1. The second-order valence-corrected chi connectivity index (χ2v) is 5.81. The summed E-state index contributed by atoms with van der Waals surface area (Å²) in [6.07, 6.45) is 1.52. The molecule has 0 atom stereocenters. The van der Waals surface area contributed by atoms with E-state index in [0.717, 1.165) is 14.4 Å². The Balaban J connectivity index is 2.10. The second-order valence-electron chi connectivity index (χ2n) is 3.53. The summed E-state index contributed by atoms with van der Waals surface area (Å²) in [5, 5.41) is 17.6. The maximum atomic E-state index is 10.7. The molecule has 2 heterocycles. The third-order valence-electron chi connectivity index (χ3n) is 1.94. The van der Waals surface area contributed by atoms with E-state index in [9.17, 15) is 4.79 Å². The van der Waals surface area contributed by atoms with Crippen LogP contribution in [0, 0.1) is 0 Å². The number of nitrogens with zero attached hydrogens (tertiary/aromatic N) is 4. The van der Waals surface area contributed by atoms with Crippen LogP contribution < -0.4 is 4.90 Å². The molecule has 2 aromatic heterocycles. The number of aromatic nitrogens is 3. The molecule has 2 aromatic rings. The van der Waals surface area contributed by atoms with Crippen molar-refractivity contribution in [2.75, 3.05) is 19.0 Å². The molecule has 0 amide bonds. The molecular formula is C10H10N4O2S2. The van der Waals surface area contributed by atoms with Crippen molar-refractivity contribution in [2.24, 2.45) is 0 Å². The smallest absolute Gasteiger partial charge is 0.354 e. The summed E-state index contributed by atoms with van der Waals surface area (Å²) >= 11 is 2.88. The van der Waals surface area contributed by atoms with Crippen molar-refractivity contribution in [2.45, 2.75) is 9.24 Å². The topological polar surface area (TPSA) is 79.2 Å². The van der Waals surface area contributed by atoms with Gasteiger partial charge in [-0.25, -0.2) is 9.78 Å². The van der Waals surface area contributed by atoms with Crippen molar-refractivity contribution in [3.05, 3.63) is 24.0 Å². The maximum absolute atomic E-state index is 10.7. The zero-order chi connectivity index (χ0) is 13.1. The van der Waals surface area contributed by atoms with Gasteiger partial charge >= 0.3 is 5.97 Å². The molecule has 0 saturated heterocycles. The molecule has 0 spiro atoms. The molecule has 18 heavy (non-hydrogen) atoms. The average Bonchev–Trinajstić information content (AvgIpc) is 2.78. The number of carbonyl (C=O) groups is 1. The summed E-state index contributed by atoms with van der Waals surface area (Å²) in [7, 11) is 3.80. The van der Waals surface area contributed by atoms with Crippen LogP contribution >= 0.6 is 23.1 Å². The van der Waals surface area contributed by atoms with Crippen molar-refractivity contribution in [3.8, 4) is 0 Å². The molecule has 0 aliphatic heterocycles. The van der Waals surface area contributed by atoms with Gasteiger partial charge in [-0.1, -0.05) is 23.1 Å². The highest BCUT2D eigenvalue weighted by molar-refractivity contribution is 8.01. The van der Waals surface area contributed by atoms with Crippen LogP contribution in [0.5, 0.6) is 0 Å². The number of anilines is 1. The van der Waals surface area contributed by atoms with Gasteiger partial charge in [-0.05, 0) is 12.1 Å². The molecule has 0 aliphatic carbocycles. The molecular weight excluding hydrogens is 272 g/mol. The van der Waals surface area contributed by atoms with E-state index in [2.05, 4.69) is 15.2 Å². The van der Waals surface area contributed by atoms with Gasteiger partial charge in [-0.15, -0.1) is 10.2 Å². The third-order valence-corrected chi connectivity index (χ3v) is 4.06. The van der Waals surface area contributed by atoms with Crippen LogP contribution in [0.2, 0.25) is 0 Å². The van der Waals surface area contributed by atoms with Gasteiger partial charge in [0.25, 0.3) is 0 Å². The molecule has 0 radical (unpaired) electrons. The monoisotopic (exact) mass is 282 g/mol. The summed E-state index contributed by atoms with van der Waals surface area (Å²) < 4.78 is 0.795. The second kappa shape index (κ2) is 5.32. The molecule has 6 nitrogen and oxygen atoms in total. The zero-order valence-corrected chi connectivity index (χ0v) is 11.3. The Morgan fingerprint density at radius 3 is 2.67 bits per heavy atom. The van der Waals surface area contributed by atoms with E-state index in [-0.39, 0.29) is 5.69 Å². The summed E-state index contributed by atoms with van der Waals surface area (Å²) in [4.78, 5) is 17.2. The van der Waals surface area contributed by atoms with Gasteiger partial charge in [-0.2, -0.15) is 0 Å². The first kappa shape index (κ1) is 12.8. The van der Waals surface area contributed by atoms with Crippen molar-refractivity contribution >= 4 is 34.2 Å². The first-order chi connectivity index (χ1) is 8.56. The highest BCUT2D eigenvalue weighted by Crippen LogP contribution is 2.32. The minimum absolute atomic E-state index is 0.0330. The third kappa shape index (κ3) is 2.96. The molecule has 94 valence electrons. The molecule has 2 rings (SSSR count). The first-order valence-electron chi connectivity index (χ1n) is 4.94. The number of carboxylic acid groups (broad SMARTS) is 1. The standard InChI is InChI=1S/C10H10N4O2S2/c1-14(2)9-12-13-10(18-9)17-6-3-4-7(8(15)16)11-5-6/h3-5H,1-2H3,(H,15,16). The maximum Gasteiger partial charge on any atom is 0.354 e. The molecule has 0 aromatic carbocycles. The fraction of sp³-hybridized carbons (Fsp3) is 0.200. The summed E-state index contributed by atoms with van der Waals surface area (Å²) in [6.45, 7) is 0. The van der Waals surface area contributed by atoms with E-state index in [0.29, 0.717) is 0 Å². The van der Waals surface area contributed by atoms with Crippen molar-refractivity contribution in [1.29, 1.82) is 0 Å². The molecule has 0 bridgehead atoms. The Hall–Kier alpha value is -1.67. The van der Waals surface area contributed by atoms with Crippen LogP contribution in [0.3, 0.4) is 0 Å². The molecule has 0 fully saturated rings. The van der Waals surface area contributed by atoms with Gasteiger partial charge in [0.2, 0.25) is 5.13 Å². The lowest BCUT2D eigenvalue weighted by Crippen LogP contribution is -2.07. The Morgan fingerprint density at radius 1 is 1.39 bits per heavy atom. The van der Waals surface area contributed by atoms with Gasteiger partial charge in [0.15, 0.2) is 4.34 Å². The Labute approximate surface area is 112 Å². The minimum Gasteiger partial charge on any atom is -0.477 e. The molecule has 1 N–H and O–H groups in total. The van der Waals surface area contributed by atoms with Crippen LogP contribution in [0.1, 0.15) is 10.5 Å². The molecule has 0 unspecified atom stereocenters. The number of carboxylic acids is 1. The SMILES string of the molecule is CN(C)c1nnc(Sc2ccc(C(=O)O)nc2)s1. The van der Waals surface area contributed by atoms with Gasteiger partial charge in [0.1, 0.15) is 5.69 Å². The number of hydrogen-bond donors (Lipinski definition) is 1. The van der Waals surface area contributed by atoms with Crippen LogP contribution in [-0.2, 0) is 0 Å². The van der Waals surface area contributed by atoms with E-state index < -0.39 is 5.97 Å². The number of rotatable bonds is 4. The lowest BCUT2D eigenvalue weighted by Gasteiger charge is -2.03. The molecule has 0 saturated carbocycles. The quantitative estimate of drug-likeness (QED) is 0.916. The van der Waals surface area contributed by atoms with Crippen LogP contribution in [0.25, 0.3) is 0 Å². The van der Waals surface area contributed by atoms with Gasteiger partial charge in [-0.3, -0.25) is 0 Å². The van der Waals surface area contributed by atoms with E-state index in [1.54, 1.807) is 6.07 Å². The fourth-order valence-electron chi connectivity index (χ4n) is 1.09. The largest absolute Gasteiger partial charge is 0.477 e. The normalized spacial score (nSPS) is 10.3. The Morgan fingerprint density at radius 2 is 2.17 bits per heavy atom. The van der Waals surface area contributed by atoms with E-state index in [1.165, 1.54) is 35.4 Å². The highest BCUT2D eigenvalue weighted by atomic mass is 32.2. The lowest BCUT2D eigenvalue weighted by atomic mass is 10.4. The van der Waals surface area contributed by atoms with E-state index in [4.69, 9.17) is 5.11 Å². The molecule has 8 heteroatoms. The van der Waals surface area contributed by atoms with Crippen molar-refractivity contribution in [3.63, 3.8) is 0 Å². The summed E-state index contributed by atoms with van der Waals surface area (Å²) in [5.74, 6) is -1.03. The Kier molecular flexibility index (Phi) is 3.78.